The van der Waals surface area contributed by atoms with Gasteiger partial charge in [-0.3, -0.25) is 0 Å². The number of nitrogens with one attached hydrogen (secondary N) is 1. The second kappa shape index (κ2) is 7.25. The molecule has 0 saturated heterocycles. The van der Waals surface area contributed by atoms with E-state index >= 15 is 0 Å². The molecule has 8 heteroatoms. The minimum absolute atomic E-state index is 0.154. The molecule has 1 unspecified atom stereocenters. The number of ether oxygens (including phenoxy) is 1. The topological polar surface area (TPSA) is 106 Å². The van der Waals surface area contributed by atoms with Gasteiger partial charge in [-0.2, -0.15) is 0 Å². The maximum Gasteiger partial charge on any atom is 0.404 e. The number of rotatable bonds is 6. The second-order valence-electron chi connectivity index (χ2n) is 5.75. The number of aryl methyl sites for hydroxylation is 2. The Morgan fingerprint density at radius 1 is 1.40 bits per heavy atom. The van der Waals surface area contributed by atoms with Gasteiger partial charge in [0, 0.05) is 12.0 Å². The Bertz CT molecular complexity index is 780. The number of benzene rings is 1. The summed E-state index contributed by atoms with van der Waals surface area (Å²) in [4.78, 5) is 15.8. The molecule has 0 bridgehead atoms. The van der Waals surface area contributed by atoms with Crippen molar-refractivity contribution in [2.24, 2.45) is 5.16 Å². The zero-order valence-corrected chi connectivity index (χ0v) is 14.0. The monoisotopic (exact) mass is 345 g/mol. The molecule has 1 aromatic carbocycles. The van der Waals surface area contributed by atoms with Crippen molar-refractivity contribution in [2.45, 2.75) is 26.4 Å². The molecule has 1 aromatic heterocycles. The van der Waals surface area contributed by atoms with Crippen LogP contribution in [0.4, 0.5) is 4.79 Å². The molecular formula is C17H19N3O5. The fraction of sp³-hybridized carbons (Fsp3) is 0.353. The van der Waals surface area contributed by atoms with Crippen molar-refractivity contribution in [3.05, 3.63) is 35.7 Å². The average molecular weight is 345 g/mol. The largest absolute Gasteiger partial charge is 0.489 e. The van der Waals surface area contributed by atoms with Crippen LogP contribution >= 0.6 is 0 Å². The van der Waals surface area contributed by atoms with Crippen molar-refractivity contribution in [3.63, 3.8) is 0 Å². The standard InChI is InChI=1S/C17H19N3O5/c1-10-16(11(2)24-19-10)14-5-3-4-6-15(14)23-9-13-7-12(20-25-13)8-18-17(21)22/h3-6,13,18H,7-9H2,1-2H3,(H,21,22). The normalized spacial score (nSPS) is 16.2. The first-order valence-corrected chi connectivity index (χ1v) is 7.88. The van der Waals surface area contributed by atoms with Crippen LogP contribution in [0.25, 0.3) is 11.1 Å². The Balaban J connectivity index is 1.63. The number of para-hydroxylation sites is 1. The molecular weight excluding hydrogens is 326 g/mol. The molecule has 1 aliphatic rings. The maximum absolute atomic E-state index is 10.5. The highest BCUT2D eigenvalue weighted by Gasteiger charge is 2.23. The summed E-state index contributed by atoms with van der Waals surface area (Å²) in [5.74, 6) is 1.44. The molecule has 25 heavy (non-hydrogen) atoms. The third kappa shape index (κ3) is 3.90. The van der Waals surface area contributed by atoms with Gasteiger partial charge in [0.05, 0.1) is 23.5 Å². The van der Waals surface area contributed by atoms with E-state index in [-0.39, 0.29) is 12.6 Å². The van der Waals surface area contributed by atoms with E-state index in [1.165, 1.54) is 0 Å². The Labute approximate surface area is 144 Å². The highest BCUT2D eigenvalue weighted by Crippen LogP contribution is 2.34. The number of aromatic nitrogens is 1. The van der Waals surface area contributed by atoms with Gasteiger partial charge in [-0.1, -0.05) is 28.5 Å². The molecule has 0 radical (unpaired) electrons. The summed E-state index contributed by atoms with van der Waals surface area (Å²) in [5.41, 5.74) is 3.28. The molecule has 8 nitrogen and oxygen atoms in total. The van der Waals surface area contributed by atoms with Crippen LogP contribution in [0, 0.1) is 13.8 Å². The number of nitrogens with zero attached hydrogens (tertiary/aromatic N) is 2. The van der Waals surface area contributed by atoms with Crippen LogP contribution in [0.2, 0.25) is 0 Å². The van der Waals surface area contributed by atoms with Crippen LogP contribution in [-0.4, -0.2) is 41.3 Å². The van der Waals surface area contributed by atoms with Crippen molar-refractivity contribution >= 4 is 11.8 Å². The summed E-state index contributed by atoms with van der Waals surface area (Å²) >= 11 is 0. The van der Waals surface area contributed by atoms with E-state index in [2.05, 4.69) is 15.6 Å². The zero-order valence-electron chi connectivity index (χ0n) is 14.0. The van der Waals surface area contributed by atoms with Crippen molar-refractivity contribution in [1.82, 2.24) is 10.5 Å². The van der Waals surface area contributed by atoms with Gasteiger partial charge in [0.1, 0.15) is 18.1 Å². The van der Waals surface area contributed by atoms with Gasteiger partial charge in [-0.05, 0) is 19.9 Å². The molecule has 0 saturated carbocycles. The van der Waals surface area contributed by atoms with Gasteiger partial charge in [-0.25, -0.2) is 4.79 Å². The summed E-state index contributed by atoms with van der Waals surface area (Å²) < 4.78 is 11.2. The van der Waals surface area contributed by atoms with Crippen molar-refractivity contribution in [2.75, 3.05) is 13.2 Å². The van der Waals surface area contributed by atoms with E-state index in [1.54, 1.807) is 0 Å². The smallest absolute Gasteiger partial charge is 0.404 e. The quantitative estimate of drug-likeness (QED) is 0.834. The Morgan fingerprint density at radius 3 is 2.92 bits per heavy atom. The highest BCUT2D eigenvalue weighted by atomic mass is 16.7. The van der Waals surface area contributed by atoms with Gasteiger partial charge >= 0.3 is 6.09 Å². The van der Waals surface area contributed by atoms with Crippen LogP contribution < -0.4 is 10.1 Å². The molecule has 1 atom stereocenters. The first kappa shape index (κ1) is 16.8. The lowest BCUT2D eigenvalue weighted by atomic mass is 10.0. The molecule has 132 valence electrons. The number of carboxylic acid groups (broad SMARTS) is 1. The molecule has 3 rings (SSSR count). The Morgan fingerprint density at radius 2 is 2.20 bits per heavy atom. The Kier molecular flexibility index (Phi) is 4.87. The predicted octanol–water partition coefficient (Wildman–Crippen LogP) is 2.75. The molecule has 0 fully saturated rings. The SMILES string of the molecule is Cc1noc(C)c1-c1ccccc1OCC1CC(CNC(=O)O)=NO1. The zero-order chi connectivity index (χ0) is 17.8. The summed E-state index contributed by atoms with van der Waals surface area (Å²) in [7, 11) is 0. The van der Waals surface area contributed by atoms with Crippen LogP contribution in [-0.2, 0) is 4.84 Å². The summed E-state index contributed by atoms with van der Waals surface area (Å²) in [6, 6.07) is 7.66. The Hall–Kier alpha value is -3.03. The third-order valence-electron chi connectivity index (χ3n) is 3.85. The first-order chi connectivity index (χ1) is 12.0. The van der Waals surface area contributed by atoms with Gasteiger partial charge < -0.3 is 24.5 Å². The molecule has 1 aliphatic heterocycles. The average Bonchev–Trinajstić information content (AvgIpc) is 3.18. The lowest BCUT2D eigenvalue weighted by molar-refractivity contribution is 0.0472. The number of hydrogen-bond donors (Lipinski definition) is 2. The van der Waals surface area contributed by atoms with E-state index in [0.717, 1.165) is 22.6 Å². The number of amides is 1. The van der Waals surface area contributed by atoms with Crippen molar-refractivity contribution in [3.8, 4) is 16.9 Å². The second-order valence-corrected chi connectivity index (χ2v) is 5.75. The van der Waals surface area contributed by atoms with E-state index in [9.17, 15) is 4.79 Å². The molecule has 1 amide bonds. The maximum atomic E-state index is 10.5. The van der Waals surface area contributed by atoms with Gasteiger partial charge in [0.25, 0.3) is 0 Å². The van der Waals surface area contributed by atoms with E-state index in [1.807, 2.05) is 38.1 Å². The van der Waals surface area contributed by atoms with Gasteiger partial charge in [0.15, 0.2) is 6.10 Å². The molecule has 0 spiro atoms. The molecule has 0 aliphatic carbocycles. The summed E-state index contributed by atoms with van der Waals surface area (Å²) in [6.45, 7) is 4.21. The summed E-state index contributed by atoms with van der Waals surface area (Å²) in [5, 5.41) is 18.8. The van der Waals surface area contributed by atoms with Crippen molar-refractivity contribution in [1.29, 1.82) is 0 Å². The fourth-order valence-electron chi connectivity index (χ4n) is 2.71. The number of oxime groups is 1. The summed E-state index contributed by atoms with van der Waals surface area (Å²) in [6.07, 6.45) is -0.813. The number of hydrogen-bond acceptors (Lipinski definition) is 6. The van der Waals surface area contributed by atoms with Crippen LogP contribution in [0.5, 0.6) is 5.75 Å². The van der Waals surface area contributed by atoms with Crippen molar-refractivity contribution < 1.29 is 24.0 Å². The van der Waals surface area contributed by atoms with Gasteiger partial charge in [0.2, 0.25) is 0 Å². The predicted molar refractivity (Wildman–Crippen MR) is 89.9 cm³/mol. The molecule has 2 heterocycles. The number of carbonyl (C=O) groups is 1. The fourth-order valence-corrected chi connectivity index (χ4v) is 2.71. The van der Waals surface area contributed by atoms with Gasteiger partial charge in [-0.15, -0.1) is 0 Å². The van der Waals surface area contributed by atoms with Crippen LogP contribution in [0.15, 0.2) is 33.9 Å². The molecule has 2 aromatic rings. The lowest BCUT2D eigenvalue weighted by Crippen LogP contribution is -2.28. The van der Waals surface area contributed by atoms with Crippen LogP contribution in [0.1, 0.15) is 17.9 Å². The van der Waals surface area contributed by atoms with E-state index in [0.29, 0.717) is 24.5 Å². The first-order valence-electron chi connectivity index (χ1n) is 7.88. The minimum Gasteiger partial charge on any atom is -0.489 e. The minimum atomic E-state index is -1.09. The molecule has 2 N–H and O–H groups in total. The van der Waals surface area contributed by atoms with Crippen LogP contribution in [0.3, 0.4) is 0 Å². The lowest BCUT2D eigenvalue weighted by Gasteiger charge is -2.14. The third-order valence-corrected chi connectivity index (χ3v) is 3.85. The van der Waals surface area contributed by atoms with E-state index in [4.69, 9.17) is 19.2 Å². The van der Waals surface area contributed by atoms with E-state index < -0.39 is 6.09 Å². The highest BCUT2D eigenvalue weighted by molar-refractivity contribution is 5.89.